The molecule has 0 N–H and O–H groups in total. The van der Waals surface area contributed by atoms with Crippen LogP contribution in [0.1, 0.15) is 16.1 Å². The highest BCUT2D eigenvalue weighted by Crippen LogP contribution is 2.30. The number of aromatic nitrogens is 2. The van der Waals surface area contributed by atoms with Gasteiger partial charge in [-0.15, -0.1) is 0 Å². The van der Waals surface area contributed by atoms with Crippen molar-refractivity contribution >= 4 is 5.91 Å². The molecule has 0 saturated carbocycles. The lowest BCUT2D eigenvalue weighted by Crippen LogP contribution is -2.29. The van der Waals surface area contributed by atoms with E-state index in [0.717, 1.165) is 28.9 Å². The summed E-state index contributed by atoms with van der Waals surface area (Å²) < 4.78 is 44.2. The molecule has 0 atom stereocenters. The second-order valence-electron chi connectivity index (χ2n) is 5.06. The third-order valence-electron chi connectivity index (χ3n) is 3.14. The minimum absolute atomic E-state index is 0.0538. The first-order valence-corrected chi connectivity index (χ1v) is 6.73. The monoisotopic (exact) mass is 341 g/mol. The van der Waals surface area contributed by atoms with Crippen molar-refractivity contribution in [3.8, 4) is 11.4 Å². The van der Waals surface area contributed by atoms with Crippen LogP contribution in [-0.4, -0.2) is 41.8 Å². The zero-order valence-corrected chi connectivity index (χ0v) is 13.1. The normalized spacial score (nSPS) is 11.2. The Bertz CT molecular complexity index is 829. The molecule has 0 radical (unpaired) electrons. The van der Waals surface area contributed by atoms with E-state index in [0.29, 0.717) is 0 Å². The fraction of sp³-hybridized carbons (Fsp3) is 0.267. The van der Waals surface area contributed by atoms with Crippen LogP contribution in [0.5, 0.6) is 5.75 Å². The fourth-order valence-corrected chi connectivity index (χ4v) is 1.95. The minimum atomic E-state index is -4.56. The summed E-state index contributed by atoms with van der Waals surface area (Å²) in [7, 11) is 4.21. The van der Waals surface area contributed by atoms with Crippen molar-refractivity contribution in [3.63, 3.8) is 0 Å². The third kappa shape index (κ3) is 3.39. The van der Waals surface area contributed by atoms with Gasteiger partial charge in [0.1, 0.15) is 0 Å². The summed E-state index contributed by atoms with van der Waals surface area (Å²) in [5.74, 6) is -0.602. The second-order valence-corrected chi connectivity index (χ2v) is 5.06. The molecule has 0 unspecified atom stereocenters. The maximum absolute atomic E-state index is 12.8. The summed E-state index contributed by atoms with van der Waals surface area (Å²) in [5, 5.41) is 3.88. The molecule has 0 saturated heterocycles. The van der Waals surface area contributed by atoms with Crippen molar-refractivity contribution in [2.24, 2.45) is 0 Å². The summed E-state index contributed by atoms with van der Waals surface area (Å²) in [5.41, 5.74) is -1.93. The van der Waals surface area contributed by atoms with Crippen LogP contribution in [0.15, 0.2) is 35.1 Å². The lowest BCUT2D eigenvalue weighted by molar-refractivity contribution is -0.137. The predicted octanol–water partition coefficient (Wildman–Crippen LogP) is 1.96. The molecule has 1 heterocycles. The third-order valence-corrected chi connectivity index (χ3v) is 3.14. The van der Waals surface area contributed by atoms with Crippen LogP contribution in [0, 0.1) is 0 Å². The van der Waals surface area contributed by atoms with Crippen LogP contribution in [-0.2, 0) is 6.18 Å². The Balaban J connectivity index is 2.66. The number of carbonyl (C=O) groups is 1. The number of benzene rings is 1. The molecule has 128 valence electrons. The molecular formula is C15H14F3N3O3. The molecule has 0 aliphatic rings. The SMILES string of the molecule is COc1cc(=O)n(-c2cccc(C(F)(F)F)c2)nc1C(=O)N(C)C. The molecule has 1 amide bonds. The lowest BCUT2D eigenvalue weighted by Gasteiger charge is -2.15. The number of alkyl halides is 3. The van der Waals surface area contributed by atoms with Crippen LogP contribution >= 0.6 is 0 Å². The molecule has 1 aromatic heterocycles. The molecule has 0 aliphatic carbocycles. The number of amides is 1. The van der Waals surface area contributed by atoms with Crippen LogP contribution in [0.25, 0.3) is 5.69 Å². The first kappa shape index (κ1) is 17.5. The second kappa shape index (κ2) is 6.34. The number of rotatable bonds is 3. The Morgan fingerprint density at radius 1 is 1.25 bits per heavy atom. The summed E-state index contributed by atoms with van der Waals surface area (Å²) in [6, 6.07) is 5.11. The molecule has 6 nitrogen and oxygen atoms in total. The minimum Gasteiger partial charge on any atom is -0.494 e. The van der Waals surface area contributed by atoms with E-state index in [1.807, 2.05) is 0 Å². The topological polar surface area (TPSA) is 64.4 Å². The number of methoxy groups -OCH3 is 1. The van der Waals surface area contributed by atoms with Gasteiger partial charge < -0.3 is 9.64 Å². The highest BCUT2D eigenvalue weighted by molar-refractivity contribution is 5.94. The van der Waals surface area contributed by atoms with Gasteiger partial charge >= 0.3 is 6.18 Å². The molecule has 0 spiro atoms. The van der Waals surface area contributed by atoms with Gasteiger partial charge in [0.15, 0.2) is 11.4 Å². The van der Waals surface area contributed by atoms with Crippen molar-refractivity contribution in [3.05, 3.63) is 51.9 Å². The Morgan fingerprint density at radius 2 is 1.92 bits per heavy atom. The van der Waals surface area contributed by atoms with Crippen LogP contribution in [0.4, 0.5) is 13.2 Å². The standard InChI is InChI=1S/C15H14F3N3O3/c1-20(2)14(23)13-11(24-3)8-12(22)21(19-13)10-6-4-5-9(7-10)15(16,17)18/h4-8H,1-3H3. The first-order chi connectivity index (χ1) is 11.1. The van der Waals surface area contributed by atoms with Crippen molar-refractivity contribution < 1.29 is 22.7 Å². The fourth-order valence-electron chi connectivity index (χ4n) is 1.95. The van der Waals surface area contributed by atoms with Gasteiger partial charge in [-0.3, -0.25) is 9.59 Å². The predicted molar refractivity (Wildman–Crippen MR) is 79.4 cm³/mol. The lowest BCUT2D eigenvalue weighted by atomic mass is 10.2. The first-order valence-electron chi connectivity index (χ1n) is 6.73. The number of hydrogen-bond donors (Lipinski definition) is 0. The van der Waals surface area contributed by atoms with Gasteiger partial charge in [0.2, 0.25) is 0 Å². The quantitative estimate of drug-likeness (QED) is 0.856. The van der Waals surface area contributed by atoms with Gasteiger partial charge in [-0.05, 0) is 18.2 Å². The van der Waals surface area contributed by atoms with Gasteiger partial charge in [0.25, 0.3) is 11.5 Å². The van der Waals surface area contributed by atoms with Gasteiger partial charge in [0.05, 0.1) is 24.4 Å². The van der Waals surface area contributed by atoms with Gasteiger partial charge in [-0.25, -0.2) is 0 Å². The van der Waals surface area contributed by atoms with E-state index in [-0.39, 0.29) is 17.1 Å². The number of nitrogens with zero attached hydrogens (tertiary/aromatic N) is 3. The van der Waals surface area contributed by atoms with E-state index in [1.54, 1.807) is 0 Å². The number of hydrogen-bond acceptors (Lipinski definition) is 4. The van der Waals surface area contributed by atoms with Gasteiger partial charge in [-0.1, -0.05) is 6.07 Å². The molecule has 2 rings (SSSR count). The smallest absolute Gasteiger partial charge is 0.416 e. The van der Waals surface area contributed by atoms with E-state index < -0.39 is 23.2 Å². The molecule has 0 fully saturated rings. The Labute approximate surface area is 135 Å². The highest BCUT2D eigenvalue weighted by Gasteiger charge is 2.30. The van der Waals surface area contributed by atoms with Gasteiger partial charge in [-0.2, -0.15) is 23.0 Å². The van der Waals surface area contributed by atoms with Crippen molar-refractivity contribution in [2.75, 3.05) is 21.2 Å². The Kier molecular flexibility index (Phi) is 4.63. The number of carbonyl (C=O) groups excluding carboxylic acids is 1. The van der Waals surface area contributed by atoms with Crippen molar-refractivity contribution in [2.45, 2.75) is 6.18 Å². The van der Waals surface area contributed by atoms with Crippen LogP contribution in [0.2, 0.25) is 0 Å². The Hall–Kier alpha value is -2.84. The molecule has 0 bridgehead atoms. The van der Waals surface area contributed by atoms with E-state index in [4.69, 9.17) is 4.74 Å². The number of halogens is 3. The average Bonchev–Trinajstić information content (AvgIpc) is 2.53. The number of ether oxygens (including phenoxy) is 1. The zero-order chi connectivity index (χ0) is 18.1. The molecular weight excluding hydrogens is 327 g/mol. The molecule has 2 aromatic rings. The molecule has 24 heavy (non-hydrogen) atoms. The zero-order valence-electron chi connectivity index (χ0n) is 13.1. The summed E-state index contributed by atoms with van der Waals surface area (Å²) in [4.78, 5) is 25.5. The van der Waals surface area contributed by atoms with E-state index >= 15 is 0 Å². The van der Waals surface area contributed by atoms with E-state index in [9.17, 15) is 22.8 Å². The van der Waals surface area contributed by atoms with E-state index in [1.165, 1.54) is 32.2 Å². The summed E-state index contributed by atoms with van der Waals surface area (Å²) >= 11 is 0. The summed E-state index contributed by atoms with van der Waals surface area (Å²) in [6.45, 7) is 0. The molecule has 1 aromatic carbocycles. The van der Waals surface area contributed by atoms with Crippen LogP contribution < -0.4 is 10.3 Å². The van der Waals surface area contributed by atoms with E-state index in [2.05, 4.69) is 5.10 Å². The largest absolute Gasteiger partial charge is 0.494 e. The Morgan fingerprint density at radius 3 is 2.46 bits per heavy atom. The van der Waals surface area contributed by atoms with Gasteiger partial charge in [0, 0.05) is 14.1 Å². The highest BCUT2D eigenvalue weighted by atomic mass is 19.4. The maximum Gasteiger partial charge on any atom is 0.416 e. The molecule has 0 aliphatic heterocycles. The maximum atomic E-state index is 12.8. The van der Waals surface area contributed by atoms with Crippen molar-refractivity contribution in [1.82, 2.24) is 14.7 Å². The summed E-state index contributed by atoms with van der Waals surface area (Å²) in [6.07, 6.45) is -4.56. The average molecular weight is 341 g/mol. The van der Waals surface area contributed by atoms with Crippen molar-refractivity contribution in [1.29, 1.82) is 0 Å². The van der Waals surface area contributed by atoms with Crippen LogP contribution in [0.3, 0.4) is 0 Å². The molecule has 9 heteroatoms.